The molecule has 0 spiro atoms. The molecule has 0 aromatic rings. The summed E-state index contributed by atoms with van der Waals surface area (Å²) in [4.78, 5) is 25.1. The number of amides is 1. The highest BCUT2D eigenvalue weighted by molar-refractivity contribution is 5.76. The molecule has 11 heteroatoms. The van der Waals surface area contributed by atoms with Crippen LogP contribution in [0.25, 0.3) is 0 Å². The summed E-state index contributed by atoms with van der Waals surface area (Å²) in [5.41, 5.74) is 0. The lowest BCUT2D eigenvalue weighted by atomic mass is 9.99. The number of aliphatic hydroxyl groups excluding tert-OH is 5. The van der Waals surface area contributed by atoms with Gasteiger partial charge in [-0.15, -0.1) is 0 Å². The highest BCUT2D eigenvalue weighted by Gasteiger charge is 2.44. The molecule has 462 valence electrons. The van der Waals surface area contributed by atoms with Crippen molar-refractivity contribution < 1.29 is 49.3 Å². The predicted molar refractivity (Wildman–Crippen MR) is 329 cm³/mol. The lowest BCUT2D eigenvalue weighted by Crippen LogP contribution is -2.60. The van der Waals surface area contributed by atoms with Crippen molar-refractivity contribution in [1.29, 1.82) is 0 Å². The van der Waals surface area contributed by atoms with Crippen LogP contribution in [0.4, 0.5) is 0 Å². The monoisotopic (exact) mass is 1120 g/mol. The average molecular weight is 1120 g/mol. The summed E-state index contributed by atoms with van der Waals surface area (Å²) in [7, 11) is 0. The molecule has 0 aromatic heterocycles. The lowest BCUT2D eigenvalue weighted by Gasteiger charge is -2.40. The Kier molecular flexibility index (Phi) is 54.3. The van der Waals surface area contributed by atoms with Crippen LogP contribution in [0, 0.1) is 0 Å². The zero-order chi connectivity index (χ0) is 57.3. The van der Waals surface area contributed by atoms with Gasteiger partial charge in [-0.1, -0.05) is 255 Å². The van der Waals surface area contributed by atoms with E-state index in [0.29, 0.717) is 19.4 Å². The first-order valence-corrected chi connectivity index (χ1v) is 33.4. The maximum atomic E-state index is 13.0. The van der Waals surface area contributed by atoms with Gasteiger partial charge >= 0.3 is 5.97 Å². The number of rotatable bonds is 58. The van der Waals surface area contributed by atoms with Crippen molar-refractivity contribution >= 4 is 11.9 Å². The fourth-order valence-corrected chi connectivity index (χ4v) is 10.3. The van der Waals surface area contributed by atoms with Crippen LogP contribution in [-0.4, -0.2) is 100 Å². The van der Waals surface area contributed by atoms with Crippen molar-refractivity contribution in [3.05, 3.63) is 48.6 Å². The number of aliphatic hydroxyl groups is 5. The summed E-state index contributed by atoms with van der Waals surface area (Å²) in [6, 6.07) is -0.811. The number of hydrogen-bond donors (Lipinski definition) is 6. The van der Waals surface area contributed by atoms with Gasteiger partial charge in [-0.2, -0.15) is 0 Å². The molecule has 79 heavy (non-hydrogen) atoms. The zero-order valence-corrected chi connectivity index (χ0v) is 51.1. The quantitative estimate of drug-likeness (QED) is 0.0195. The van der Waals surface area contributed by atoms with Crippen LogP contribution >= 0.6 is 0 Å². The molecule has 7 unspecified atom stereocenters. The van der Waals surface area contributed by atoms with Gasteiger partial charge < -0.3 is 45.1 Å². The molecule has 11 nitrogen and oxygen atoms in total. The van der Waals surface area contributed by atoms with Gasteiger partial charge in [0.2, 0.25) is 5.91 Å². The van der Waals surface area contributed by atoms with Crippen molar-refractivity contribution in [2.24, 2.45) is 0 Å². The lowest BCUT2D eigenvalue weighted by molar-refractivity contribution is -0.302. The maximum Gasteiger partial charge on any atom is 0.305 e. The largest absolute Gasteiger partial charge is 0.466 e. The second-order valence-corrected chi connectivity index (χ2v) is 23.2. The van der Waals surface area contributed by atoms with Gasteiger partial charge in [0.25, 0.3) is 0 Å². The Labute approximate surface area is 485 Å². The van der Waals surface area contributed by atoms with Crippen LogP contribution in [0.2, 0.25) is 0 Å². The normalized spacial score (nSPS) is 18.7. The van der Waals surface area contributed by atoms with E-state index in [4.69, 9.17) is 14.2 Å². The van der Waals surface area contributed by atoms with Crippen LogP contribution in [-0.2, 0) is 23.8 Å². The topological polar surface area (TPSA) is 175 Å². The summed E-state index contributed by atoms with van der Waals surface area (Å²) in [6.07, 6.45) is 63.8. The molecule has 7 atom stereocenters. The highest BCUT2D eigenvalue weighted by atomic mass is 16.7. The first-order chi connectivity index (χ1) is 38.7. The van der Waals surface area contributed by atoms with E-state index in [-0.39, 0.29) is 18.5 Å². The Hall–Kier alpha value is -2.38. The molecule has 1 fully saturated rings. The Morgan fingerprint density at radius 3 is 1.32 bits per heavy atom. The minimum absolute atomic E-state index is 0.00512. The summed E-state index contributed by atoms with van der Waals surface area (Å²) in [6.45, 7) is 4.30. The van der Waals surface area contributed by atoms with E-state index in [1.807, 2.05) is 6.08 Å². The molecule has 0 radical (unpaired) electrons. The number of esters is 1. The van der Waals surface area contributed by atoms with E-state index in [1.54, 1.807) is 6.08 Å². The summed E-state index contributed by atoms with van der Waals surface area (Å²) in [5, 5.41) is 54.2. The molecule has 1 amide bonds. The summed E-state index contributed by atoms with van der Waals surface area (Å²) >= 11 is 0. The van der Waals surface area contributed by atoms with Gasteiger partial charge in [-0.3, -0.25) is 9.59 Å². The van der Waals surface area contributed by atoms with Gasteiger partial charge in [0.05, 0.1) is 32.0 Å². The third-order valence-electron chi connectivity index (χ3n) is 15.7. The molecule has 0 bridgehead atoms. The van der Waals surface area contributed by atoms with Crippen LogP contribution in [0.5, 0.6) is 0 Å². The molecule has 1 aliphatic rings. The summed E-state index contributed by atoms with van der Waals surface area (Å²) < 4.78 is 16.7. The molecular weight excluding hydrogens is 991 g/mol. The molecule has 1 heterocycles. The Bertz CT molecular complexity index is 1450. The highest BCUT2D eigenvalue weighted by Crippen LogP contribution is 2.23. The van der Waals surface area contributed by atoms with Gasteiger partial charge in [-0.25, -0.2) is 0 Å². The molecule has 1 aliphatic heterocycles. The van der Waals surface area contributed by atoms with Crippen LogP contribution < -0.4 is 5.32 Å². The van der Waals surface area contributed by atoms with Gasteiger partial charge in [0, 0.05) is 12.8 Å². The van der Waals surface area contributed by atoms with Crippen LogP contribution in [0.3, 0.4) is 0 Å². The van der Waals surface area contributed by atoms with Crippen LogP contribution in [0.15, 0.2) is 48.6 Å². The number of allylic oxidation sites excluding steroid dienone is 7. The first kappa shape index (κ1) is 74.6. The zero-order valence-electron chi connectivity index (χ0n) is 51.1. The molecule has 1 rings (SSSR count). The number of unbranched alkanes of at least 4 members (excludes halogenated alkanes) is 38. The number of carbonyl (C=O) groups is 2. The number of ether oxygens (including phenoxy) is 3. The van der Waals surface area contributed by atoms with E-state index in [9.17, 15) is 35.1 Å². The van der Waals surface area contributed by atoms with E-state index >= 15 is 0 Å². The molecule has 6 N–H and O–H groups in total. The number of nitrogens with one attached hydrogen (secondary N) is 1. The van der Waals surface area contributed by atoms with Crippen molar-refractivity contribution in [2.75, 3.05) is 19.8 Å². The minimum Gasteiger partial charge on any atom is -0.466 e. The van der Waals surface area contributed by atoms with E-state index in [1.165, 1.54) is 218 Å². The summed E-state index contributed by atoms with van der Waals surface area (Å²) in [5.74, 6) is -0.192. The van der Waals surface area contributed by atoms with Crippen molar-refractivity contribution in [1.82, 2.24) is 5.32 Å². The third-order valence-corrected chi connectivity index (χ3v) is 15.7. The first-order valence-electron chi connectivity index (χ1n) is 33.4. The third kappa shape index (κ3) is 46.8. The number of carbonyl (C=O) groups excluding carboxylic acids is 2. The molecular formula is C68H125NO10. The van der Waals surface area contributed by atoms with Gasteiger partial charge in [0.1, 0.15) is 24.4 Å². The Morgan fingerprint density at radius 1 is 0.468 bits per heavy atom. The SMILES string of the molecule is CCCCC/C=C\C/C=C\CCCCCCCCCC(=O)OCCCCCCCCCCCCCC/C=C\CCCCCCCCCCCC(=O)NC(COC1OC(CO)C(O)C(O)C1O)C(O)/C=C/CCCCCCCCC. The Balaban J connectivity index is 1.95. The molecule has 0 aromatic carbocycles. The second kappa shape index (κ2) is 57.4. The fourth-order valence-electron chi connectivity index (χ4n) is 10.3. The maximum absolute atomic E-state index is 13.0. The van der Waals surface area contributed by atoms with Crippen LogP contribution in [0.1, 0.15) is 309 Å². The predicted octanol–water partition coefficient (Wildman–Crippen LogP) is 16.4. The molecule has 1 saturated heterocycles. The average Bonchev–Trinajstić information content (AvgIpc) is 3.47. The van der Waals surface area contributed by atoms with Crippen molar-refractivity contribution in [3.8, 4) is 0 Å². The van der Waals surface area contributed by atoms with E-state index < -0.39 is 49.5 Å². The van der Waals surface area contributed by atoms with E-state index in [0.717, 1.165) is 64.2 Å². The van der Waals surface area contributed by atoms with Crippen molar-refractivity contribution in [2.45, 2.75) is 352 Å². The smallest absolute Gasteiger partial charge is 0.305 e. The minimum atomic E-state index is -1.57. The van der Waals surface area contributed by atoms with Gasteiger partial charge in [-0.05, 0) is 89.9 Å². The van der Waals surface area contributed by atoms with E-state index in [2.05, 4.69) is 55.6 Å². The Morgan fingerprint density at radius 2 is 0.848 bits per heavy atom. The standard InChI is InChI=1S/C68H125NO10/c1-3-5-7-9-11-13-14-15-16-26-30-33-36-40-44-48-52-56-64(73)77-57-53-49-45-41-37-34-31-28-25-23-21-19-17-18-20-22-24-27-29-32-35-39-43-47-51-55-63(72)69-60(61(71)54-50-46-42-38-12-10-8-6-4-2)59-78-68-67(76)66(75)65(74)62(58-70)79-68/h11,13,15-16,18,20,50,54,60-62,65-68,70-71,74-76H,3-10,12,14,17,19,21-49,51-53,55-59H2,1-2H3,(H,69,72)/b13-11-,16-15-,20-18-,54-50+. The molecule has 0 aliphatic carbocycles. The van der Waals surface area contributed by atoms with Gasteiger partial charge in [0.15, 0.2) is 6.29 Å². The van der Waals surface area contributed by atoms with Crippen molar-refractivity contribution in [3.63, 3.8) is 0 Å². The molecule has 0 saturated carbocycles. The fraction of sp³-hybridized carbons (Fsp3) is 0.853. The second-order valence-electron chi connectivity index (χ2n) is 23.2. The number of hydrogen-bond acceptors (Lipinski definition) is 10.